The van der Waals surface area contributed by atoms with Gasteiger partial charge in [-0.2, -0.15) is 0 Å². The summed E-state index contributed by atoms with van der Waals surface area (Å²) in [5.41, 5.74) is 4.44. The van der Waals surface area contributed by atoms with E-state index in [2.05, 4.69) is 13.8 Å². The normalized spacial score (nSPS) is 13.1. The van der Waals surface area contributed by atoms with E-state index in [0.717, 1.165) is 32.0 Å². The number of carbonyl (C=O) groups is 1. The lowest BCUT2D eigenvalue weighted by Crippen LogP contribution is -2.25. The maximum Gasteiger partial charge on any atom is 0.305 e. The lowest BCUT2D eigenvalue weighted by molar-refractivity contribution is -0.139. The van der Waals surface area contributed by atoms with E-state index < -0.39 is 28.7 Å². The van der Waals surface area contributed by atoms with Gasteiger partial charge in [-0.25, -0.2) is 8.78 Å². The van der Waals surface area contributed by atoms with Crippen molar-refractivity contribution < 1.29 is 38.7 Å². The Morgan fingerprint density at radius 2 is 1.22 bits per heavy atom. The predicted octanol–water partition coefficient (Wildman–Crippen LogP) is 9.84. The van der Waals surface area contributed by atoms with Crippen molar-refractivity contribution in [2.75, 3.05) is 6.61 Å². The number of hydrogen-bond acceptors (Lipinski definition) is 7. The zero-order chi connectivity index (χ0) is 36.0. The Morgan fingerprint density at radius 3 is 1.71 bits per heavy atom. The molecular weight excluding hydrogens is 667 g/mol. The minimum atomic E-state index is -1.22. The molecule has 4 rings (SSSR count). The van der Waals surface area contributed by atoms with Crippen molar-refractivity contribution in [1.29, 1.82) is 0 Å². The number of rotatable bonds is 15. The zero-order valence-corrected chi connectivity index (χ0v) is 30.2. The molecule has 0 radical (unpaired) electrons. The van der Waals surface area contributed by atoms with E-state index in [1.54, 1.807) is 47.8 Å². The Labute approximate surface area is 295 Å². The molecule has 49 heavy (non-hydrogen) atoms. The largest absolute Gasteiger partial charge is 0.507 e. The SMILES string of the molecule is CC(C)c1cc(SC(C)(C)Sc2cc(-c3ccc(F)cc3)c(OC[C@@H](O)C[C@@H](O)CC(=O)O)c(C(C)C)c2)cc(-c2ccc(F)cc2)c1O. The third kappa shape index (κ3) is 10.5. The van der Waals surface area contributed by atoms with Crippen LogP contribution in [0.3, 0.4) is 0 Å². The number of benzene rings is 4. The highest BCUT2D eigenvalue weighted by molar-refractivity contribution is 8.18. The topological polar surface area (TPSA) is 107 Å². The molecule has 0 spiro atoms. The number of aromatic hydroxyl groups is 1. The minimum absolute atomic E-state index is 0.00391. The van der Waals surface area contributed by atoms with Crippen molar-refractivity contribution in [2.45, 2.75) is 92.3 Å². The zero-order valence-electron chi connectivity index (χ0n) is 28.5. The van der Waals surface area contributed by atoms with Crippen LogP contribution < -0.4 is 4.74 Å². The number of hydrogen-bond donors (Lipinski definition) is 4. The summed E-state index contributed by atoms with van der Waals surface area (Å²) in [5, 5.41) is 40.7. The second kappa shape index (κ2) is 16.4. The third-order valence-electron chi connectivity index (χ3n) is 7.86. The van der Waals surface area contributed by atoms with Crippen molar-refractivity contribution >= 4 is 29.5 Å². The molecule has 2 atom stereocenters. The Bertz CT molecular complexity index is 1740. The Kier molecular flexibility index (Phi) is 12.8. The average molecular weight is 711 g/mol. The molecule has 4 aromatic carbocycles. The van der Waals surface area contributed by atoms with Crippen LogP contribution in [0.1, 0.15) is 77.3 Å². The molecule has 0 aromatic heterocycles. The number of halogens is 2. The summed E-state index contributed by atoms with van der Waals surface area (Å²) in [7, 11) is 0. The van der Waals surface area contributed by atoms with Gasteiger partial charge in [-0.3, -0.25) is 4.79 Å². The second-order valence-electron chi connectivity index (χ2n) is 13.2. The molecule has 0 aliphatic carbocycles. The molecule has 0 heterocycles. The van der Waals surface area contributed by atoms with Crippen LogP contribution >= 0.6 is 23.5 Å². The van der Waals surface area contributed by atoms with Crippen molar-refractivity contribution in [3.63, 3.8) is 0 Å². The molecule has 10 heteroatoms. The lowest BCUT2D eigenvalue weighted by Gasteiger charge is -2.27. The van der Waals surface area contributed by atoms with Gasteiger partial charge in [0.15, 0.2) is 0 Å². The number of ether oxygens (including phenoxy) is 1. The first kappa shape index (κ1) is 38.2. The minimum Gasteiger partial charge on any atom is -0.507 e. The summed E-state index contributed by atoms with van der Waals surface area (Å²) >= 11 is 3.27. The smallest absolute Gasteiger partial charge is 0.305 e. The number of phenolic OH excluding ortho intramolecular Hbond substituents is 1. The number of carboxylic acid groups (broad SMARTS) is 1. The second-order valence-corrected chi connectivity index (χ2v) is 16.8. The fraction of sp³-hybridized carbons (Fsp3) is 0.359. The molecular formula is C39H44F2O6S2. The van der Waals surface area contributed by atoms with Crippen LogP contribution in [0.25, 0.3) is 22.3 Å². The molecule has 262 valence electrons. The van der Waals surface area contributed by atoms with E-state index in [9.17, 15) is 28.9 Å². The van der Waals surface area contributed by atoms with Crippen molar-refractivity contribution in [3.05, 3.63) is 95.6 Å². The number of aliphatic carboxylic acids is 1. The van der Waals surface area contributed by atoms with Gasteiger partial charge in [0.25, 0.3) is 0 Å². The maximum atomic E-state index is 14.0. The van der Waals surface area contributed by atoms with Crippen LogP contribution in [0.4, 0.5) is 8.78 Å². The number of aliphatic hydroxyl groups excluding tert-OH is 2. The van der Waals surface area contributed by atoms with Crippen LogP contribution in [-0.2, 0) is 4.79 Å². The highest BCUT2D eigenvalue weighted by Gasteiger charge is 2.26. The van der Waals surface area contributed by atoms with Crippen molar-refractivity contribution in [2.24, 2.45) is 0 Å². The quantitative estimate of drug-likeness (QED) is 0.0714. The Morgan fingerprint density at radius 1 is 0.755 bits per heavy atom. The number of carboxylic acids is 1. The highest BCUT2D eigenvalue weighted by Crippen LogP contribution is 2.50. The molecule has 0 unspecified atom stereocenters. The Balaban J connectivity index is 1.69. The molecule has 0 aliphatic rings. The van der Waals surface area contributed by atoms with Gasteiger partial charge >= 0.3 is 5.97 Å². The molecule has 4 N–H and O–H groups in total. The first-order valence-electron chi connectivity index (χ1n) is 16.2. The summed E-state index contributed by atoms with van der Waals surface area (Å²) in [5.74, 6) is -1.13. The molecule has 0 saturated carbocycles. The number of thioether (sulfide) groups is 2. The lowest BCUT2D eigenvalue weighted by atomic mass is 9.95. The number of phenols is 1. The molecule has 0 aliphatic heterocycles. The van der Waals surface area contributed by atoms with E-state index in [4.69, 9.17) is 9.84 Å². The van der Waals surface area contributed by atoms with Crippen LogP contribution in [0, 0.1) is 11.6 Å². The number of aliphatic hydroxyl groups is 2. The van der Waals surface area contributed by atoms with Crippen LogP contribution in [-0.4, -0.2) is 49.3 Å². The maximum absolute atomic E-state index is 14.0. The van der Waals surface area contributed by atoms with Crippen LogP contribution in [0.15, 0.2) is 82.6 Å². The van der Waals surface area contributed by atoms with E-state index in [1.807, 2.05) is 52.0 Å². The van der Waals surface area contributed by atoms with Gasteiger partial charge in [-0.05, 0) is 96.5 Å². The fourth-order valence-electron chi connectivity index (χ4n) is 5.53. The standard InChI is InChI=1S/C39H44F2O6S2/c1-22(2)32-17-30(19-34(37(32)46)24-7-11-26(40)12-8-24)48-39(5,6)49-31-18-33(23(3)4)38(35(20-31)25-9-13-27(41)14-10-25)47-21-29(43)15-28(42)16-36(44)45/h7-14,17-20,22-23,28-29,42-43,46H,15-16,21H2,1-6H3,(H,44,45)/t28-,29+/m1/s1. The van der Waals surface area contributed by atoms with E-state index in [-0.39, 0.29) is 42.2 Å². The molecule has 6 nitrogen and oxygen atoms in total. The molecule has 0 fully saturated rings. The van der Waals surface area contributed by atoms with Gasteiger partial charge in [0.05, 0.1) is 22.7 Å². The summed E-state index contributed by atoms with van der Waals surface area (Å²) in [4.78, 5) is 12.8. The summed E-state index contributed by atoms with van der Waals surface area (Å²) in [6.45, 7) is 12.1. The van der Waals surface area contributed by atoms with Gasteiger partial charge in [0.2, 0.25) is 0 Å². The monoisotopic (exact) mass is 710 g/mol. The summed E-state index contributed by atoms with van der Waals surface area (Å²) in [6, 6.07) is 20.1. The van der Waals surface area contributed by atoms with E-state index >= 15 is 0 Å². The van der Waals surface area contributed by atoms with Gasteiger partial charge in [-0.1, -0.05) is 52.0 Å². The van der Waals surface area contributed by atoms with Gasteiger partial charge in [0.1, 0.15) is 29.7 Å². The molecule has 4 aromatic rings. The predicted molar refractivity (Wildman–Crippen MR) is 194 cm³/mol. The van der Waals surface area contributed by atoms with Gasteiger partial charge in [-0.15, -0.1) is 23.5 Å². The summed E-state index contributed by atoms with van der Waals surface area (Å²) in [6.07, 6.45) is -2.97. The first-order chi connectivity index (χ1) is 23.0. The third-order valence-corrected chi connectivity index (χ3v) is 10.3. The molecule has 0 bridgehead atoms. The van der Waals surface area contributed by atoms with Crippen molar-refractivity contribution in [1.82, 2.24) is 0 Å². The van der Waals surface area contributed by atoms with Crippen molar-refractivity contribution in [3.8, 4) is 33.8 Å². The Hall–Kier alpha value is -3.57. The average Bonchev–Trinajstić information content (AvgIpc) is 3.00. The van der Waals surface area contributed by atoms with E-state index in [0.29, 0.717) is 16.9 Å². The van der Waals surface area contributed by atoms with E-state index in [1.165, 1.54) is 24.3 Å². The molecule has 0 amide bonds. The van der Waals surface area contributed by atoms with Gasteiger partial charge in [0, 0.05) is 27.3 Å². The van der Waals surface area contributed by atoms with Crippen LogP contribution in [0.5, 0.6) is 11.5 Å². The fourth-order valence-corrected chi connectivity index (χ4v) is 8.13. The van der Waals surface area contributed by atoms with Crippen LogP contribution in [0.2, 0.25) is 0 Å². The first-order valence-corrected chi connectivity index (χ1v) is 17.8. The molecule has 0 saturated heterocycles. The highest BCUT2D eigenvalue weighted by atomic mass is 32.2. The van der Waals surface area contributed by atoms with Gasteiger partial charge < -0.3 is 25.2 Å². The summed E-state index contributed by atoms with van der Waals surface area (Å²) < 4.78 is 33.5.